The van der Waals surface area contributed by atoms with Crippen LogP contribution in [0.3, 0.4) is 0 Å². The molecule has 0 spiro atoms. The van der Waals surface area contributed by atoms with Gasteiger partial charge in [0.1, 0.15) is 0 Å². The summed E-state index contributed by atoms with van der Waals surface area (Å²) in [6.07, 6.45) is 5.87. The lowest BCUT2D eigenvalue weighted by Crippen LogP contribution is -2.20. The second kappa shape index (κ2) is 4.09. The number of hydrogen-bond donors (Lipinski definition) is 0. The van der Waals surface area contributed by atoms with Gasteiger partial charge in [-0.25, -0.2) is 0 Å². The van der Waals surface area contributed by atoms with Crippen LogP contribution in [-0.4, -0.2) is 13.9 Å². The molecule has 0 aromatic carbocycles. The quantitative estimate of drug-likeness (QED) is 0.651. The predicted octanol–water partition coefficient (Wildman–Crippen LogP) is 3.74. The molecule has 0 radical (unpaired) electrons. The van der Waals surface area contributed by atoms with E-state index < -0.39 is 8.07 Å². The second-order valence-corrected chi connectivity index (χ2v) is 11.3. The number of rotatable bonds is 2. The van der Waals surface area contributed by atoms with Gasteiger partial charge in [-0.1, -0.05) is 51.3 Å². The minimum Gasteiger partial charge on any atom is -0.294 e. The van der Waals surface area contributed by atoms with Crippen molar-refractivity contribution >= 4 is 13.9 Å². The van der Waals surface area contributed by atoms with Gasteiger partial charge < -0.3 is 0 Å². The highest BCUT2D eigenvalue weighted by molar-refractivity contribution is 6.81. The molecule has 2 heteroatoms. The van der Waals surface area contributed by atoms with Crippen LogP contribution in [0.2, 0.25) is 19.6 Å². The van der Waals surface area contributed by atoms with Gasteiger partial charge in [0.05, 0.1) is 8.07 Å². The standard InChI is InChI=1S/C13H22OSi/c1-13(2)8-6-12(14)11(10-13)7-9-15(3,4)5/h7,9-10H,6,8H2,1-5H3/b9-7+. The fourth-order valence-electron chi connectivity index (χ4n) is 1.63. The van der Waals surface area contributed by atoms with E-state index in [9.17, 15) is 4.79 Å². The van der Waals surface area contributed by atoms with Gasteiger partial charge in [-0.3, -0.25) is 4.79 Å². The SMILES string of the molecule is CC1(C)C=C(/C=C/[Si](C)(C)C)C(=O)CC1. The predicted molar refractivity (Wildman–Crippen MR) is 68.6 cm³/mol. The molecule has 1 rings (SSSR count). The molecule has 0 N–H and O–H groups in total. The van der Waals surface area contributed by atoms with E-state index in [1.165, 1.54) is 0 Å². The van der Waals surface area contributed by atoms with Gasteiger partial charge in [0, 0.05) is 12.0 Å². The Morgan fingerprint density at radius 2 is 1.93 bits per heavy atom. The van der Waals surface area contributed by atoms with Gasteiger partial charge in [-0.15, -0.1) is 0 Å². The Morgan fingerprint density at radius 1 is 1.33 bits per heavy atom. The summed E-state index contributed by atoms with van der Waals surface area (Å²) in [7, 11) is -1.19. The zero-order chi connectivity index (χ0) is 11.7. The average Bonchev–Trinajstić information content (AvgIpc) is 2.05. The van der Waals surface area contributed by atoms with E-state index in [4.69, 9.17) is 0 Å². The van der Waals surface area contributed by atoms with Crippen molar-refractivity contribution in [2.24, 2.45) is 5.41 Å². The summed E-state index contributed by atoms with van der Waals surface area (Å²) >= 11 is 0. The molecule has 0 saturated carbocycles. The van der Waals surface area contributed by atoms with Crippen molar-refractivity contribution in [2.45, 2.75) is 46.3 Å². The molecule has 0 aromatic heterocycles. The summed E-state index contributed by atoms with van der Waals surface area (Å²) in [5.74, 6) is 0.309. The Hall–Kier alpha value is -0.633. The molecule has 0 bridgehead atoms. The van der Waals surface area contributed by atoms with E-state index >= 15 is 0 Å². The fraction of sp³-hybridized carbons (Fsp3) is 0.615. The Morgan fingerprint density at radius 3 is 2.47 bits per heavy atom. The van der Waals surface area contributed by atoms with E-state index in [-0.39, 0.29) is 5.41 Å². The topological polar surface area (TPSA) is 17.1 Å². The molecule has 0 aromatic rings. The van der Waals surface area contributed by atoms with E-state index in [2.05, 4.69) is 51.3 Å². The maximum absolute atomic E-state index is 11.7. The summed E-state index contributed by atoms with van der Waals surface area (Å²) < 4.78 is 0. The lowest BCUT2D eigenvalue weighted by atomic mass is 9.79. The highest BCUT2D eigenvalue weighted by Crippen LogP contribution is 2.31. The number of carbonyl (C=O) groups excluding carboxylic acids is 1. The van der Waals surface area contributed by atoms with Crippen LogP contribution >= 0.6 is 0 Å². The van der Waals surface area contributed by atoms with Gasteiger partial charge in [0.25, 0.3) is 0 Å². The molecule has 84 valence electrons. The third-order valence-corrected chi connectivity index (χ3v) is 3.79. The molecule has 1 aliphatic rings. The number of carbonyl (C=O) groups is 1. The first-order valence-corrected chi connectivity index (χ1v) is 9.23. The first kappa shape index (κ1) is 12.4. The summed E-state index contributed by atoms with van der Waals surface area (Å²) in [6, 6.07) is 0. The van der Waals surface area contributed by atoms with Crippen LogP contribution in [0.1, 0.15) is 26.7 Å². The number of ketones is 1. The van der Waals surface area contributed by atoms with Gasteiger partial charge in [-0.2, -0.15) is 0 Å². The zero-order valence-corrected chi connectivity index (χ0v) is 11.6. The Bertz CT molecular complexity index is 316. The van der Waals surface area contributed by atoms with Crippen LogP contribution in [-0.2, 0) is 4.79 Å². The van der Waals surface area contributed by atoms with Crippen LogP contribution in [0.25, 0.3) is 0 Å². The van der Waals surface area contributed by atoms with Crippen LogP contribution in [0.5, 0.6) is 0 Å². The van der Waals surface area contributed by atoms with Crippen molar-refractivity contribution in [1.29, 1.82) is 0 Å². The van der Waals surface area contributed by atoms with Crippen molar-refractivity contribution in [2.75, 3.05) is 0 Å². The molecule has 15 heavy (non-hydrogen) atoms. The first-order valence-electron chi connectivity index (χ1n) is 5.65. The summed E-state index contributed by atoms with van der Waals surface area (Å²) in [5.41, 5.74) is 3.36. The lowest BCUT2D eigenvalue weighted by Gasteiger charge is -2.25. The first-order chi connectivity index (χ1) is 6.70. The van der Waals surface area contributed by atoms with Crippen LogP contribution in [0.15, 0.2) is 23.4 Å². The minimum atomic E-state index is -1.19. The number of hydrogen-bond acceptors (Lipinski definition) is 1. The molecule has 1 nitrogen and oxygen atoms in total. The van der Waals surface area contributed by atoms with Gasteiger partial charge in [0.2, 0.25) is 0 Å². The lowest BCUT2D eigenvalue weighted by molar-refractivity contribution is -0.116. The van der Waals surface area contributed by atoms with E-state index in [0.29, 0.717) is 12.2 Å². The molecule has 0 saturated heterocycles. The molecule has 0 heterocycles. The molecule has 0 fully saturated rings. The maximum atomic E-state index is 11.7. The Labute approximate surface area is 94.3 Å². The zero-order valence-electron chi connectivity index (χ0n) is 10.6. The monoisotopic (exact) mass is 222 g/mol. The minimum absolute atomic E-state index is 0.188. The number of Topliss-reactive ketones (excluding diaryl/α,β-unsaturated/α-hetero) is 1. The summed E-state index contributed by atoms with van der Waals surface area (Å²) in [4.78, 5) is 11.7. The van der Waals surface area contributed by atoms with Gasteiger partial charge in [0.15, 0.2) is 5.78 Å². The Balaban J connectivity index is 2.88. The normalized spacial score (nSPS) is 21.9. The van der Waals surface area contributed by atoms with Crippen molar-refractivity contribution in [3.05, 3.63) is 23.4 Å². The molecule has 0 atom stereocenters. The fourth-order valence-corrected chi connectivity index (χ4v) is 2.31. The largest absolute Gasteiger partial charge is 0.294 e. The molecule has 0 aliphatic heterocycles. The van der Waals surface area contributed by atoms with Gasteiger partial charge >= 0.3 is 0 Å². The molecule has 0 unspecified atom stereocenters. The molecule has 1 aliphatic carbocycles. The van der Waals surface area contributed by atoms with E-state index in [0.717, 1.165) is 12.0 Å². The van der Waals surface area contributed by atoms with E-state index in [1.807, 2.05) is 0 Å². The van der Waals surface area contributed by atoms with Crippen molar-refractivity contribution < 1.29 is 4.79 Å². The number of allylic oxidation sites excluding steroid dienone is 3. The van der Waals surface area contributed by atoms with Crippen molar-refractivity contribution in [3.8, 4) is 0 Å². The van der Waals surface area contributed by atoms with E-state index in [1.54, 1.807) is 0 Å². The molecular formula is C13H22OSi. The van der Waals surface area contributed by atoms with Gasteiger partial charge in [-0.05, 0) is 11.8 Å². The van der Waals surface area contributed by atoms with Crippen LogP contribution < -0.4 is 0 Å². The third kappa shape index (κ3) is 4.16. The van der Waals surface area contributed by atoms with Crippen molar-refractivity contribution in [1.82, 2.24) is 0 Å². The summed E-state index contributed by atoms with van der Waals surface area (Å²) in [6.45, 7) is 11.2. The summed E-state index contributed by atoms with van der Waals surface area (Å²) in [5, 5.41) is 0. The van der Waals surface area contributed by atoms with Crippen LogP contribution in [0, 0.1) is 5.41 Å². The Kier molecular flexibility index (Phi) is 3.39. The highest BCUT2D eigenvalue weighted by atomic mass is 28.3. The molecular weight excluding hydrogens is 200 g/mol. The average molecular weight is 222 g/mol. The maximum Gasteiger partial charge on any atom is 0.162 e. The smallest absolute Gasteiger partial charge is 0.162 e. The third-order valence-electron chi connectivity index (χ3n) is 2.63. The van der Waals surface area contributed by atoms with Crippen molar-refractivity contribution in [3.63, 3.8) is 0 Å². The highest BCUT2D eigenvalue weighted by Gasteiger charge is 2.24. The second-order valence-electron chi connectivity index (χ2n) is 6.21. The van der Waals surface area contributed by atoms with Crippen LogP contribution in [0.4, 0.5) is 0 Å². The molecule has 0 amide bonds.